The molecule has 1 amide bonds. The number of nitrogens with one attached hydrogen (secondary N) is 2. The van der Waals surface area contributed by atoms with E-state index >= 15 is 0 Å². The molecule has 0 aromatic rings. The third kappa shape index (κ3) is 7.48. The zero-order chi connectivity index (χ0) is 11.0. The first-order valence-electron chi connectivity index (χ1n) is 4.41. The third-order valence-electron chi connectivity index (χ3n) is 1.35. The Morgan fingerprint density at radius 3 is 2.71 bits per heavy atom. The van der Waals surface area contributed by atoms with Crippen molar-refractivity contribution < 1.29 is 4.79 Å². The number of nitrogens with zero attached hydrogens (tertiary/aromatic N) is 1. The van der Waals surface area contributed by atoms with Crippen LogP contribution in [0, 0.1) is 0 Å². The van der Waals surface area contributed by atoms with Crippen molar-refractivity contribution in [1.82, 2.24) is 10.7 Å². The second-order valence-electron chi connectivity index (χ2n) is 2.85. The average Bonchev–Trinajstić information content (AvgIpc) is 2.11. The highest BCUT2D eigenvalue weighted by Gasteiger charge is 2.01. The highest BCUT2D eigenvalue weighted by molar-refractivity contribution is 7.80. The van der Waals surface area contributed by atoms with E-state index in [2.05, 4.69) is 28.1 Å². The SMILES string of the molecule is CCCNC(=O)C/C(C)=N\NC(N)=S. The Morgan fingerprint density at radius 2 is 2.21 bits per heavy atom. The Balaban J connectivity index is 3.80. The van der Waals surface area contributed by atoms with E-state index in [1.165, 1.54) is 0 Å². The summed E-state index contributed by atoms with van der Waals surface area (Å²) >= 11 is 4.56. The van der Waals surface area contributed by atoms with Gasteiger partial charge in [-0.3, -0.25) is 10.2 Å². The van der Waals surface area contributed by atoms with Gasteiger partial charge in [0, 0.05) is 12.3 Å². The molecule has 0 saturated carbocycles. The Morgan fingerprint density at radius 1 is 1.57 bits per heavy atom. The number of hydrogen-bond donors (Lipinski definition) is 3. The molecule has 0 bridgehead atoms. The third-order valence-corrected chi connectivity index (χ3v) is 1.44. The first-order valence-corrected chi connectivity index (χ1v) is 4.82. The molecule has 0 atom stereocenters. The summed E-state index contributed by atoms with van der Waals surface area (Å²) < 4.78 is 0. The van der Waals surface area contributed by atoms with Crippen LogP contribution in [0.25, 0.3) is 0 Å². The number of thiocarbonyl (C=S) groups is 1. The first kappa shape index (κ1) is 12.8. The van der Waals surface area contributed by atoms with Gasteiger partial charge in [0.25, 0.3) is 0 Å². The molecular formula is C8H16N4OS. The summed E-state index contributed by atoms with van der Waals surface area (Å²) in [6.07, 6.45) is 1.18. The molecule has 0 spiro atoms. The van der Waals surface area contributed by atoms with Crippen LogP contribution in [0.3, 0.4) is 0 Å². The maximum Gasteiger partial charge on any atom is 0.225 e. The van der Waals surface area contributed by atoms with Crippen molar-refractivity contribution >= 4 is 28.9 Å². The van der Waals surface area contributed by atoms with E-state index < -0.39 is 0 Å². The zero-order valence-electron chi connectivity index (χ0n) is 8.46. The Labute approximate surface area is 89.1 Å². The van der Waals surface area contributed by atoms with Crippen LogP contribution < -0.4 is 16.5 Å². The van der Waals surface area contributed by atoms with Gasteiger partial charge in [0.15, 0.2) is 5.11 Å². The summed E-state index contributed by atoms with van der Waals surface area (Å²) in [5.41, 5.74) is 8.23. The van der Waals surface area contributed by atoms with Gasteiger partial charge in [-0.25, -0.2) is 0 Å². The minimum atomic E-state index is -0.0437. The van der Waals surface area contributed by atoms with Gasteiger partial charge >= 0.3 is 0 Å². The Bertz CT molecular complexity index is 239. The van der Waals surface area contributed by atoms with Gasteiger partial charge in [-0.15, -0.1) is 0 Å². The molecule has 0 aliphatic rings. The molecule has 6 heteroatoms. The lowest BCUT2D eigenvalue weighted by atomic mass is 10.3. The number of hydrazone groups is 1. The predicted molar refractivity (Wildman–Crippen MR) is 60.9 cm³/mol. The van der Waals surface area contributed by atoms with Crippen molar-refractivity contribution in [3.05, 3.63) is 0 Å². The molecule has 0 unspecified atom stereocenters. The minimum absolute atomic E-state index is 0.0437. The molecule has 0 rings (SSSR count). The fraction of sp³-hybridized carbons (Fsp3) is 0.625. The topological polar surface area (TPSA) is 79.5 Å². The van der Waals surface area contributed by atoms with Crippen molar-refractivity contribution in [2.24, 2.45) is 10.8 Å². The van der Waals surface area contributed by atoms with E-state index in [9.17, 15) is 4.79 Å². The smallest absolute Gasteiger partial charge is 0.225 e. The number of nitrogens with two attached hydrogens (primary N) is 1. The van der Waals surface area contributed by atoms with Crippen LogP contribution in [-0.4, -0.2) is 23.3 Å². The average molecular weight is 216 g/mol. The second kappa shape index (κ2) is 7.25. The van der Waals surface area contributed by atoms with Crippen molar-refractivity contribution in [3.8, 4) is 0 Å². The van der Waals surface area contributed by atoms with E-state index in [0.29, 0.717) is 12.3 Å². The molecule has 0 aromatic heterocycles. The molecular weight excluding hydrogens is 200 g/mol. The number of hydrogen-bond acceptors (Lipinski definition) is 3. The lowest BCUT2D eigenvalue weighted by Crippen LogP contribution is -2.28. The van der Waals surface area contributed by atoms with Gasteiger partial charge in [-0.2, -0.15) is 5.10 Å². The summed E-state index contributed by atoms with van der Waals surface area (Å²) in [4.78, 5) is 11.2. The Kier molecular flexibility index (Phi) is 6.65. The number of carbonyl (C=O) groups excluding carboxylic acids is 1. The molecule has 0 aromatic carbocycles. The van der Waals surface area contributed by atoms with E-state index in [1.807, 2.05) is 6.92 Å². The van der Waals surface area contributed by atoms with Crippen LogP contribution >= 0.6 is 12.2 Å². The van der Waals surface area contributed by atoms with Crippen molar-refractivity contribution in [2.45, 2.75) is 26.7 Å². The highest BCUT2D eigenvalue weighted by atomic mass is 32.1. The van der Waals surface area contributed by atoms with E-state index in [1.54, 1.807) is 6.92 Å². The van der Waals surface area contributed by atoms with Crippen LogP contribution in [0.15, 0.2) is 5.10 Å². The van der Waals surface area contributed by atoms with Crippen LogP contribution in [0.2, 0.25) is 0 Å². The highest BCUT2D eigenvalue weighted by Crippen LogP contribution is 1.85. The van der Waals surface area contributed by atoms with Gasteiger partial charge in [0.2, 0.25) is 5.91 Å². The predicted octanol–water partition coefficient (Wildman–Crippen LogP) is 0.112. The van der Waals surface area contributed by atoms with Crippen LogP contribution in [0.4, 0.5) is 0 Å². The lowest BCUT2D eigenvalue weighted by Gasteiger charge is -2.03. The standard InChI is InChI=1S/C8H16N4OS/c1-3-4-10-7(13)5-6(2)11-12-8(9)14/h3-5H2,1-2H3,(H,10,13)(H3,9,12,14)/b11-6-. The molecule has 14 heavy (non-hydrogen) atoms. The molecule has 80 valence electrons. The summed E-state index contributed by atoms with van der Waals surface area (Å²) in [5, 5.41) is 6.65. The van der Waals surface area contributed by atoms with Crippen LogP contribution in [-0.2, 0) is 4.79 Å². The van der Waals surface area contributed by atoms with Gasteiger partial charge in [-0.1, -0.05) is 6.92 Å². The molecule has 0 aliphatic carbocycles. The number of amides is 1. The van der Waals surface area contributed by atoms with Crippen LogP contribution in [0.1, 0.15) is 26.7 Å². The Hall–Kier alpha value is -1.17. The van der Waals surface area contributed by atoms with Crippen molar-refractivity contribution in [1.29, 1.82) is 0 Å². The van der Waals surface area contributed by atoms with E-state index in [-0.39, 0.29) is 17.4 Å². The summed E-state index contributed by atoms with van der Waals surface area (Å²) in [5.74, 6) is -0.0437. The summed E-state index contributed by atoms with van der Waals surface area (Å²) in [6.45, 7) is 4.42. The number of rotatable bonds is 5. The molecule has 5 nitrogen and oxygen atoms in total. The van der Waals surface area contributed by atoms with Crippen molar-refractivity contribution in [2.75, 3.05) is 6.54 Å². The second-order valence-corrected chi connectivity index (χ2v) is 3.29. The number of carbonyl (C=O) groups is 1. The van der Waals surface area contributed by atoms with Gasteiger partial charge < -0.3 is 11.1 Å². The van der Waals surface area contributed by atoms with Crippen LogP contribution in [0.5, 0.6) is 0 Å². The van der Waals surface area contributed by atoms with Gasteiger partial charge in [-0.05, 0) is 25.6 Å². The summed E-state index contributed by atoms with van der Waals surface area (Å²) in [7, 11) is 0. The lowest BCUT2D eigenvalue weighted by molar-refractivity contribution is -0.119. The molecule has 4 N–H and O–H groups in total. The summed E-state index contributed by atoms with van der Waals surface area (Å²) in [6, 6.07) is 0. The quantitative estimate of drug-likeness (QED) is 0.346. The normalized spacial score (nSPS) is 10.9. The zero-order valence-corrected chi connectivity index (χ0v) is 9.28. The van der Waals surface area contributed by atoms with E-state index in [0.717, 1.165) is 6.42 Å². The maximum absolute atomic E-state index is 11.2. The first-order chi connectivity index (χ1) is 6.56. The van der Waals surface area contributed by atoms with Crippen molar-refractivity contribution in [3.63, 3.8) is 0 Å². The maximum atomic E-state index is 11.2. The monoisotopic (exact) mass is 216 g/mol. The largest absolute Gasteiger partial charge is 0.375 e. The fourth-order valence-corrected chi connectivity index (χ4v) is 0.795. The van der Waals surface area contributed by atoms with Gasteiger partial charge in [0.1, 0.15) is 0 Å². The molecule has 0 heterocycles. The van der Waals surface area contributed by atoms with E-state index in [4.69, 9.17) is 5.73 Å². The fourth-order valence-electron chi connectivity index (χ4n) is 0.749. The molecule has 0 saturated heterocycles. The molecule has 0 aliphatic heterocycles. The molecule has 0 radical (unpaired) electrons. The van der Waals surface area contributed by atoms with Gasteiger partial charge in [0.05, 0.1) is 6.42 Å². The molecule has 0 fully saturated rings. The minimum Gasteiger partial charge on any atom is -0.375 e.